The molecule has 0 radical (unpaired) electrons. The Morgan fingerprint density at radius 1 is 1.15 bits per heavy atom. The SMILES string of the molecule is CCN(CC)S(=O)(=O)c1ccc(/C=C/C(=O)NCc2ccc(Cl)s2)cc1. The van der Waals surface area contributed by atoms with E-state index in [2.05, 4.69) is 5.32 Å². The predicted octanol–water partition coefficient (Wildman–Crippen LogP) is 3.76. The van der Waals surface area contributed by atoms with Crippen molar-refractivity contribution < 1.29 is 13.2 Å². The van der Waals surface area contributed by atoms with Crippen LogP contribution in [0.25, 0.3) is 6.08 Å². The highest BCUT2D eigenvalue weighted by Crippen LogP contribution is 2.21. The highest BCUT2D eigenvalue weighted by molar-refractivity contribution is 7.89. The Balaban J connectivity index is 1.97. The van der Waals surface area contributed by atoms with Gasteiger partial charge in [-0.1, -0.05) is 37.6 Å². The van der Waals surface area contributed by atoms with Crippen LogP contribution in [0.4, 0.5) is 0 Å². The van der Waals surface area contributed by atoms with Crippen LogP contribution in [-0.4, -0.2) is 31.7 Å². The number of thiophene rings is 1. The number of hydrogen-bond acceptors (Lipinski definition) is 4. The number of nitrogens with one attached hydrogen (secondary N) is 1. The molecule has 2 aromatic rings. The smallest absolute Gasteiger partial charge is 0.244 e. The van der Waals surface area contributed by atoms with Gasteiger partial charge in [-0.05, 0) is 35.9 Å². The Hall–Kier alpha value is -1.67. The van der Waals surface area contributed by atoms with E-state index in [1.165, 1.54) is 21.7 Å². The monoisotopic (exact) mass is 412 g/mol. The van der Waals surface area contributed by atoms with Gasteiger partial charge in [0, 0.05) is 24.0 Å². The average molecular weight is 413 g/mol. The first kappa shape index (κ1) is 20.6. The van der Waals surface area contributed by atoms with Gasteiger partial charge in [-0.15, -0.1) is 11.3 Å². The van der Waals surface area contributed by atoms with Gasteiger partial charge in [0.2, 0.25) is 15.9 Å². The van der Waals surface area contributed by atoms with Crippen LogP contribution in [0.5, 0.6) is 0 Å². The Morgan fingerprint density at radius 3 is 2.35 bits per heavy atom. The van der Waals surface area contributed by atoms with Gasteiger partial charge in [-0.25, -0.2) is 8.42 Å². The van der Waals surface area contributed by atoms with Gasteiger partial charge in [0.1, 0.15) is 0 Å². The van der Waals surface area contributed by atoms with Crippen LogP contribution in [-0.2, 0) is 21.4 Å². The zero-order chi connectivity index (χ0) is 19.2. The van der Waals surface area contributed by atoms with Gasteiger partial charge in [-0.3, -0.25) is 4.79 Å². The number of amides is 1. The van der Waals surface area contributed by atoms with E-state index in [0.717, 1.165) is 10.4 Å². The summed E-state index contributed by atoms with van der Waals surface area (Å²) in [7, 11) is -3.47. The summed E-state index contributed by atoms with van der Waals surface area (Å²) in [6, 6.07) is 10.1. The third-order valence-electron chi connectivity index (χ3n) is 3.72. The molecule has 8 heteroatoms. The summed E-state index contributed by atoms with van der Waals surface area (Å²) in [5, 5.41) is 2.77. The Kier molecular flexibility index (Phi) is 7.40. The molecular formula is C18H21ClN2O3S2. The lowest BCUT2D eigenvalue weighted by Gasteiger charge is -2.18. The van der Waals surface area contributed by atoms with Gasteiger partial charge in [-0.2, -0.15) is 4.31 Å². The molecular weight excluding hydrogens is 392 g/mol. The number of sulfonamides is 1. The number of carbonyl (C=O) groups is 1. The van der Waals surface area contributed by atoms with Crippen molar-refractivity contribution in [3.8, 4) is 0 Å². The van der Waals surface area contributed by atoms with Gasteiger partial charge in [0.25, 0.3) is 0 Å². The molecule has 5 nitrogen and oxygen atoms in total. The summed E-state index contributed by atoms with van der Waals surface area (Å²) in [5.41, 5.74) is 0.748. The van der Waals surface area contributed by atoms with E-state index < -0.39 is 10.0 Å². The van der Waals surface area contributed by atoms with Crippen LogP contribution in [0.3, 0.4) is 0 Å². The van der Waals surface area contributed by atoms with Crippen molar-refractivity contribution in [2.24, 2.45) is 0 Å². The normalized spacial score (nSPS) is 12.0. The van der Waals surface area contributed by atoms with Gasteiger partial charge in [0.15, 0.2) is 0 Å². The number of nitrogens with zero attached hydrogens (tertiary/aromatic N) is 1. The molecule has 0 aliphatic rings. The second-order valence-corrected chi connectivity index (χ2v) is 9.15. The van der Waals surface area contributed by atoms with E-state index in [0.29, 0.717) is 24.0 Å². The van der Waals surface area contributed by atoms with E-state index in [9.17, 15) is 13.2 Å². The molecule has 1 aromatic heterocycles. The summed E-state index contributed by atoms with van der Waals surface area (Å²) in [5.74, 6) is -0.227. The zero-order valence-corrected chi connectivity index (χ0v) is 17.0. The van der Waals surface area contributed by atoms with Crippen LogP contribution < -0.4 is 5.32 Å². The number of hydrogen-bond donors (Lipinski definition) is 1. The molecule has 1 N–H and O–H groups in total. The van der Waals surface area contributed by atoms with Crippen molar-refractivity contribution in [3.05, 3.63) is 57.3 Å². The molecule has 0 unspecified atom stereocenters. The first-order valence-electron chi connectivity index (χ1n) is 8.17. The average Bonchev–Trinajstić information content (AvgIpc) is 3.04. The summed E-state index contributed by atoms with van der Waals surface area (Å²) < 4.78 is 26.9. The van der Waals surface area contributed by atoms with E-state index in [1.807, 2.05) is 6.07 Å². The van der Waals surface area contributed by atoms with Crippen LogP contribution in [0.1, 0.15) is 24.3 Å². The standard InChI is InChI=1S/C18H21ClN2O3S2/c1-3-21(4-2)26(23,24)16-9-5-14(6-10-16)7-12-18(22)20-13-15-8-11-17(19)25-15/h5-12H,3-4,13H2,1-2H3,(H,20,22)/b12-7+. The Bertz CT molecular complexity index is 870. The fraction of sp³-hybridized carbons (Fsp3) is 0.278. The molecule has 0 fully saturated rings. The third-order valence-corrected chi connectivity index (χ3v) is 7.01. The van der Waals surface area contributed by atoms with Crippen molar-refractivity contribution in [3.63, 3.8) is 0 Å². The third kappa shape index (κ3) is 5.41. The minimum atomic E-state index is -3.47. The molecule has 26 heavy (non-hydrogen) atoms. The minimum Gasteiger partial charge on any atom is -0.348 e. The molecule has 0 atom stereocenters. The Labute approximate surface area is 163 Å². The fourth-order valence-electron chi connectivity index (χ4n) is 2.32. The number of rotatable bonds is 8. The lowest BCUT2D eigenvalue weighted by atomic mass is 10.2. The van der Waals surface area contributed by atoms with Crippen LogP contribution in [0, 0.1) is 0 Å². The van der Waals surface area contributed by atoms with Crippen molar-refractivity contribution in [2.45, 2.75) is 25.3 Å². The van der Waals surface area contributed by atoms with Gasteiger partial charge in [0.05, 0.1) is 15.8 Å². The molecule has 1 heterocycles. The minimum absolute atomic E-state index is 0.227. The summed E-state index contributed by atoms with van der Waals surface area (Å²) in [6.45, 7) is 4.88. The van der Waals surface area contributed by atoms with Crippen LogP contribution in [0.15, 0.2) is 47.4 Å². The molecule has 1 aromatic carbocycles. The van der Waals surface area contributed by atoms with Gasteiger partial charge < -0.3 is 5.32 Å². The van der Waals surface area contributed by atoms with Crippen molar-refractivity contribution in [2.75, 3.05) is 13.1 Å². The van der Waals surface area contributed by atoms with Crippen LogP contribution >= 0.6 is 22.9 Å². The maximum atomic E-state index is 12.4. The van der Waals surface area contributed by atoms with Crippen molar-refractivity contribution in [1.82, 2.24) is 9.62 Å². The quantitative estimate of drug-likeness (QED) is 0.671. The lowest BCUT2D eigenvalue weighted by molar-refractivity contribution is -0.116. The molecule has 0 saturated heterocycles. The largest absolute Gasteiger partial charge is 0.348 e. The van der Waals surface area contributed by atoms with E-state index in [1.54, 1.807) is 50.3 Å². The fourth-order valence-corrected chi connectivity index (χ4v) is 4.80. The molecule has 1 amide bonds. The first-order valence-corrected chi connectivity index (χ1v) is 10.8. The lowest BCUT2D eigenvalue weighted by Crippen LogP contribution is -2.30. The molecule has 0 bridgehead atoms. The summed E-state index contributed by atoms with van der Waals surface area (Å²) in [6.07, 6.45) is 3.06. The van der Waals surface area contributed by atoms with E-state index in [-0.39, 0.29) is 10.8 Å². The summed E-state index contributed by atoms with van der Waals surface area (Å²) >= 11 is 7.27. The van der Waals surface area contributed by atoms with Crippen molar-refractivity contribution >= 4 is 44.9 Å². The Morgan fingerprint density at radius 2 is 1.81 bits per heavy atom. The molecule has 0 spiro atoms. The van der Waals surface area contributed by atoms with E-state index >= 15 is 0 Å². The van der Waals surface area contributed by atoms with Crippen LogP contribution in [0.2, 0.25) is 4.34 Å². The van der Waals surface area contributed by atoms with Gasteiger partial charge >= 0.3 is 0 Å². The summed E-state index contributed by atoms with van der Waals surface area (Å²) in [4.78, 5) is 13.1. The second-order valence-electron chi connectivity index (χ2n) is 5.42. The number of carbonyl (C=O) groups excluding carboxylic acids is 1. The molecule has 0 saturated carbocycles. The highest BCUT2D eigenvalue weighted by atomic mass is 35.5. The van der Waals surface area contributed by atoms with E-state index in [4.69, 9.17) is 11.6 Å². The molecule has 0 aliphatic carbocycles. The zero-order valence-electron chi connectivity index (χ0n) is 14.6. The topological polar surface area (TPSA) is 66.5 Å². The second kappa shape index (κ2) is 9.32. The maximum Gasteiger partial charge on any atom is 0.244 e. The highest BCUT2D eigenvalue weighted by Gasteiger charge is 2.20. The molecule has 2 rings (SSSR count). The first-order chi connectivity index (χ1) is 12.4. The number of halogens is 1. The maximum absolute atomic E-state index is 12.4. The molecule has 0 aliphatic heterocycles. The van der Waals surface area contributed by atoms with Crippen molar-refractivity contribution in [1.29, 1.82) is 0 Å². The molecule has 140 valence electrons. The number of benzene rings is 1. The predicted molar refractivity (Wildman–Crippen MR) is 107 cm³/mol.